The van der Waals surface area contributed by atoms with Crippen LogP contribution < -0.4 is 15.1 Å². The number of carbonyl (C=O) groups is 2. The van der Waals surface area contributed by atoms with Crippen LogP contribution in [0.5, 0.6) is 0 Å². The Morgan fingerprint density at radius 1 is 0.927 bits per heavy atom. The molecule has 0 unspecified atom stereocenters. The first-order valence-electron chi connectivity index (χ1n) is 14.1. The second-order valence-corrected chi connectivity index (χ2v) is 10.2. The molecule has 1 aliphatic heterocycles. The third-order valence-electron chi connectivity index (χ3n) is 7.64. The van der Waals surface area contributed by atoms with Crippen LogP contribution in [0.15, 0.2) is 79.0 Å². The lowest BCUT2D eigenvalue weighted by Gasteiger charge is -2.37. The molecular formula is C33H37N5O3. The molecule has 3 heterocycles. The molecule has 0 spiro atoms. The Kier molecular flexibility index (Phi) is 8.79. The molecule has 8 nitrogen and oxygen atoms in total. The van der Waals surface area contributed by atoms with E-state index in [1.165, 1.54) is 5.56 Å². The van der Waals surface area contributed by atoms with Gasteiger partial charge in [-0.05, 0) is 66.9 Å². The molecule has 8 heteroatoms. The summed E-state index contributed by atoms with van der Waals surface area (Å²) in [6.45, 7) is 8.54. The maximum Gasteiger partial charge on any atom is 0.298 e. The fraction of sp³-hybridized carbons (Fsp3) is 0.303. The summed E-state index contributed by atoms with van der Waals surface area (Å²) in [5.74, 6) is -0.207. The molecule has 4 aromatic rings. The van der Waals surface area contributed by atoms with Gasteiger partial charge in [-0.3, -0.25) is 9.59 Å². The van der Waals surface area contributed by atoms with Crippen molar-refractivity contribution in [1.29, 1.82) is 0 Å². The minimum Gasteiger partial charge on any atom is -0.383 e. The number of ketones is 1. The van der Waals surface area contributed by atoms with Crippen molar-refractivity contribution in [3.8, 4) is 11.1 Å². The number of hydrogen-bond donors (Lipinski definition) is 1. The van der Waals surface area contributed by atoms with Gasteiger partial charge in [-0.2, -0.15) is 0 Å². The quantitative estimate of drug-likeness (QED) is 0.215. The van der Waals surface area contributed by atoms with Crippen LogP contribution in [0.1, 0.15) is 28.7 Å². The molecular weight excluding hydrogens is 514 g/mol. The van der Waals surface area contributed by atoms with Gasteiger partial charge >= 0.3 is 0 Å². The van der Waals surface area contributed by atoms with Gasteiger partial charge in [0.05, 0.1) is 6.61 Å². The summed E-state index contributed by atoms with van der Waals surface area (Å²) >= 11 is 0. The summed E-state index contributed by atoms with van der Waals surface area (Å²) in [5.41, 5.74) is 5.86. The SMILES string of the molecule is CCc1ccnc(N2CCN(c3ccc(NC(=O)C(=O)c4c(-c5ccccc5)cc(C)n4CCOC)cc3)CC2)c1. The van der Waals surface area contributed by atoms with Gasteiger partial charge in [-0.1, -0.05) is 37.3 Å². The Hall–Kier alpha value is -4.43. The zero-order valence-corrected chi connectivity index (χ0v) is 24.0. The van der Waals surface area contributed by atoms with Crippen LogP contribution >= 0.6 is 0 Å². The fourth-order valence-corrected chi connectivity index (χ4v) is 5.33. The van der Waals surface area contributed by atoms with Crippen LogP contribution in [0.4, 0.5) is 17.2 Å². The molecule has 0 radical (unpaired) electrons. The first-order chi connectivity index (χ1) is 20.0. The van der Waals surface area contributed by atoms with Crippen molar-refractivity contribution in [3.63, 3.8) is 0 Å². The number of piperazine rings is 1. The number of hydrogen-bond acceptors (Lipinski definition) is 6. The number of amides is 1. The van der Waals surface area contributed by atoms with E-state index < -0.39 is 11.7 Å². The lowest BCUT2D eigenvalue weighted by Crippen LogP contribution is -2.46. The van der Waals surface area contributed by atoms with E-state index in [0.29, 0.717) is 24.5 Å². The van der Waals surface area contributed by atoms with Crippen molar-refractivity contribution < 1.29 is 14.3 Å². The number of nitrogens with one attached hydrogen (secondary N) is 1. The lowest BCUT2D eigenvalue weighted by atomic mass is 10.0. The average Bonchev–Trinajstić information content (AvgIpc) is 3.36. The van der Waals surface area contributed by atoms with Gasteiger partial charge in [-0.15, -0.1) is 0 Å². The normalized spacial score (nSPS) is 13.3. The second-order valence-electron chi connectivity index (χ2n) is 10.2. The summed E-state index contributed by atoms with van der Waals surface area (Å²) < 4.78 is 7.13. The molecule has 212 valence electrons. The third kappa shape index (κ3) is 6.33. The molecule has 0 bridgehead atoms. The van der Waals surface area contributed by atoms with Gasteiger partial charge in [-0.25, -0.2) is 4.98 Å². The van der Waals surface area contributed by atoms with Crippen molar-refractivity contribution in [2.24, 2.45) is 0 Å². The van der Waals surface area contributed by atoms with Crippen LogP contribution in [0.25, 0.3) is 11.1 Å². The maximum absolute atomic E-state index is 13.6. The number of benzene rings is 2. The summed E-state index contributed by atoms with van der Waals surface area (Å²) in [7, 11) is 1.62. The average molecular weight is 552 g/mol. The fourth-order valence-electron chi connectivity index (χ4n) is 5.33. The highest BCUT2D eigenvalue weighted by Gasteiger charge is 2.26. The monoisotopic (exact) mass is 551 g/mol. The number of pyridine rings is 1. The van der Waals surface area contributed by atoms with Gasteiger partial charge in [0.15, 0.2) is 0 Å². The second kappa shape index (κ2) is 12.8. The van der Waals surface area contributed by atoms with Crippen molar-refractivity contribution in [3.05, 3.63) is 95.9 Å². The standard InChI is InChI=1S/C33H37N5O3/c1-4-25-14-15-34-30(23-25)37-18-16-36(17-19-37)28-12-10-27(11-13-28)35-33(40)32(39)31-29(26-8-6-5-7-9-26)22-24(2)38(31)20-21-41-3/h5-15,22-23H,4,16-21H2,1-3H3,(H,35,40). The van der Waals surface area contributed by atoms with Crippen LogP contribution in [-0.2, 0) is 22.5 Å². The van der Waals surface area contributed by atoms with Crippen molar-refractivity contribution in [2.75, 3.05) is 55.0 Å². The Labute approximate surface area is 241 Å². The topological polar surface area (TPSA) is 79.7 Å². The highest BCUT2D eigenvalue weighted by molar-refractivity contribution is 6.47. The molecule has 2 aromatic heterocycles. The highest BCUT2D eigenvalue weighted by atomic mass is 16.5. The summed E-state index contributed by atoms with van der Waals surface area (Å²) in [6.07, 6.45) is 2.89. The smallest absolute Gasteiger partial charge is 0.298 e. The minimum absolute atomic E-state index is 0.372. The zero-order valence-electron chi connectivity index (χ0n) is 24.0. The van der Waals surface area contributed by atoms with Gasteiger partial charge in [0.25, 0.3) is 11.7 Å². The largest absolute Gasteiger partial charge is 0.383 e. The number of carbonyl (C=O) groups excluding carboxylic acids is 2. The van der Waals surface area contributed by atoms with Crippen molar-refractivity contribution in [1.82, 2.24) is 9.55 Å². The zero-order chi connectivity index (χ0) is 28.8. The third-order valence-corrected chi connectivity index (χ3v) is 7.64. The van der Waals surface area contributed by atoms with E-state index in [9.17, 15) is 9.59 Å². The predicted octanol–water partition coefficient (Wildman–Crippen LogP) is 5.22. The van der Waals surface area contributed by atoms with E-state index in [1.807, 2.05) is 78.4 Å². The molecule has 41 heavy (non-hydrogen) atoms. The number of aryl methyl sites for hydroxylation is 2. The van der Waals surface area contributed by atoms with Crippen LogP contribution in [0.3, 0.4) is 0 Å². The van der Waals surface area contributed by atoms with Gasteiger partial charge < -0.3 is 24.4 Å². The number of methoxy groups -OCH3 is 1. The van der Waals surface area contributed by atoms with E-state index >= 15 is 0 Å². The van der Waals surface area contributed by atoms with E-state index in [-0.39, 0.29) is 0 Å². The molecule has 2 aromatic carbocycles. The van der Waals surface area contributed by atoms with E-state index in [0.717, 1.165) is 60.9 Å². The summed E-state index contributed by atoms with van der Waals surface area (Å²) in [5, 5.41) is 2.81. The first kappa shape index (κ1) is 28.1. The molecule has 0 atom stereocenters. The molecule has 1 N–H and O–H groups in total. The minimum atomic E-state index is -0.665. The van der Waals surface area contributed by atoms with Gasteiger partial charge in [0, 0.05) is 68.7 Å². The van der Waals surface area contributed by atoms with E-state index in [2.05, 4.69) is 39.2 Å². The number of nitrogens with zero attached hydrogens (tertiary/aromatic N) is 4. The van der Waals surface area contributed by atoms with Crippen LogP contribution in [-0.4, -0.2) is 61.1 Å². The first-order valence-corrected chi connectivity index (χ1v) is 14.1. The maximum atomic E-state index is 13.6. The Balaban J connectivity index is 1.26. The summed E-state index contributed by atoms with van der Waals surface area (Å²) in [4.78, 5) is 36.0. The molecule has 5 rings (SSSR count). The van der Waals surface area contributed by atoms with E-state index in [1.54, 1.807) is 7.11 Å². The van der Waals surface area contributed by atoms with Crippen molar-refractivity contribution in [2.45, 2.75) is 26.8 Å². The number of Topliss-reactive ketones (excluding diaryl/α,β-unsaturated/α-hetero) is 1. The van der Waals surface area contributed by atoms with Crippen LogP contribution in [0, 0.1) is 6.92 Å². The molecule has 1 amide bonds. The number of anilines is 3. The molecule has 1 aliphatic rings. The Morgan fingerprint density at radius 3 is 2.32 bits per heavy atom. The molecule has 1 saturated heterocycles. The summed E-state index contributed by atoms with van der Waals surface area (Å²) in [6, 6.07) is 23.6. The molecule has 0 aliphatic carbocycles. The number of aromatic nitrogens is 2. The van der Waals surface area contributed by atoms with Crippen LogP contribution in [0.2, 0.25) is 0 Å². The molecule has 0 saturated carbocycles. The number of ether oxygens (including phenoxy) is 1. The Bertz CT molecular complexity index is 1490. The van der Waals surface area contributed by atoms with Gasteiger partial charge in [0.2, 0.25) is 0 Å². The molecule has 1 fully saturated rings. The Morgan fingerprint density at radius 2 is 1.63 bits per heavy atom. The number of rotatable bonds is 10. The lowest BCUT2D eigenvalue weighted by molar-refractivity contribution is -0.112. The van der Waals surface area contributed by atoms with Gasteiger partial charge in [0.1, 0.15) is 11.5 Å². The highest BCUT2D eigenvalue weighted by Crippen LogP contribution is 2.29. The van der Waals surface area contributed by atoms with E-state index in [4.69, 9.17) is 4.74 Å². The van der Waals surface area contributed by atoms with Crippen molar-refractivity contribution >= 4 is 28.9 Å². The predicted molar refractivity (Wildman–Crippen MR) is 164 cm³/mol.